The molecule has 0 aliphatic rings. The molecule has 0 aliphatic carbocycles. The summed E-state index contributed by atoms with van der Waals surface area (Å²) in [5.41, 5.74) is -0.681. The summed E-state index contributed by atoms with van der Waals surface area (Å²) in [6, 6.07) is 2.86. The molecule has 0 fully saturated rings. The van der Waals surface area contributed by atoms with Crippen molar-refractivity contribution in [3.05, 3.63) is 29.3 Å². The molecule has 1 rings (SSSR count). The van der Waals surface area contributed by atoms with Crippen molar-refractivity contribution < 1.29 is 22.7 Å². The average molecular weight is 260 g/mol. The predicted molar refractivity (Wildman–Crippen MR) is 61.8 cm³/mol. The van der Waals surface area contributed by atoms with E-state index in [1.165, 1.54) is 0 Å². The van der Waals surface area contributed by atoms with Crippen LogP contribution in [-0.4, -0.2) is 12.9 Å². The van der Waals surface area contributed by atoms with Crippen LogP contribution in [0.15, 0.2) is 18.2 Å². The summed E-state index contributed by atoms with van der Waals surface area (Å²) in [4.78, 5) is 10.7. The van der Waals surface area contributed by atoms with Crippen LogP contribution >= 0.6 is 0 Å². The molecule has 0 heterocycles. The van der Waals surface area contributed by atoms with Crippen molar-refractivity contribution in [1.82, 2.24) is 0 Å². The van der Waals surface area contributed by atoms with E-state index in [1.54, 1.807) is 0 Å². The maximum absolute atomic E-state index is 12.5. The number of hydrogen-bond donors (Lipinski definition) is 0. The topological polar surface area (TPSA) is 26.3 Å². The lowest BCUT2D eigenvalue weighted by molar-refractivity contribution is -0.137. The van der Waals surface area contributed by atoms with Crippen molar-refractivity contribution in [2.24, 2.45) is 5.92 Å². The molecule has 0 aromatic heterocycles. The molecule has 0 aliphatic heterocycles. The highest BCUT2D eigenvalue weighted by Crippen LogP contribution is 2.32. The summed E-state index contributed by atoms with van der Waals surface area (Å²) in [5.74, 6) is 0.371. The van der Waals surface area contributed by atoms with E-state index in [2.05, 4.69) is 0 Å². The second-order valence-electron chi connectivity index (χ2n) is 4.40. The van der Waals surface area contributed by atoms with Gasteiger partial charge < -0.3 is 4.74 Å². The molecule has 1 aromatic carbocycles. The van der Waals surface area contributed by atoms with E-state index in [0.717, 1.165) is 18.2 Å². The summed E-state index contributed by atoms with van der Waals surface area (Å²) in [7, 11) is 0. The van der Waals surface area contributed by atoms with E-state index in [-0.39, 0.29) is 11.3 Å². The van der Waals surface area contributed by atoms with Crippen LogP contribution in [0.3, 0.4) is 0 Å². The van der Waals surface area contributed by atoms with Crippen molar-refractivity contribution >= 4 is 6.29 Å². The van der Waals surface area contributed by atoms with Gasteiger partial charge >= 0.3 is 6.18 Å². The first-order valence-corrected chi connectivity index (χ1v) is 5.64. The Balaban J connectivity index is 2.89. The molecule has 0 unspecified atom stereocenters. The van der Waals surface area contributed by atoms with Gasteiger partial charge in [-0.25, -0.2) is 0 Å². The van der Waals surface area contributed by atoms with Crippen LogP contribution in [-0.2, 0) is 6.18 Å². The number of hydrogen-bond acceptors (Lipinski definition) is 2. The lowest BCUT2D eigenvalue weighted by Gasteiger charge is -2.13. The van der Waals surface area contributed by atoms with E-state index in [4.69, 9.17) is 4.74 Å². The molecule has 0 saturated carbocycles. The molecule has 100 valence electrons. The van der Waals surface area contributed by atoms with E-state index in [9.17, 15) is 18.0 Å². The third-order valence-electron chi connectivity index (χ3n) is 2.42. The monoisotopic (exact) mass is 260 g/mol. The maximum atomic E-state index is 12.5. The summed E-state index contributed by atoms with van der Waals surface area (Å²) >= 11 is 0. The number of carbonyl (C=O) groups excluding carboxylic acids is 1. The Kier molecular flexibility index (Phi) is 4.76. The lowest BCUT2D eigenvalue weighted by atomic mass is 10.1. The maximum Gasteiger partial charge on any atom is 0.416 e. The van der Waals surface area contributed by atoms with Gasteiger partial charge in [0.1, 0.15) is 5.75 Å². The molecule has 0 amide bonds. The molecule has 0 atom stereocenters. The van der Waals surface area contributed by atoms with E-state index >= 15 is 0 Å². The van der Waals surface area contributed by atoms with E-state index in [0.29, 0.717) is 25.2 Å². The summed E-state index contributed by atoms with van der Waals surface area (Å²) in [6.45, 7) is 4.26. The summed E-state index contributed by atoms with van der Waals surface area (Å²) in [6.07, 6.45) is -3.23. The van der Waals surface area contributed by atoms with Crippen LogP contribution < -0.4 is 4.74 Å². The van der Waals surface area contributed by atoms with Crippen molar-refractivity contribution in [3.8, 4) is 5.75 Å². The van der Waals surface area contributed by atoms with Gasteiger partial charge in [0.25, 0.3) is 0 Å². The van der Waals surface area contributed by atoms with Gasteiger partial charge in [-0.2, -0.15) is 13.2 Å². The Morgan fingerprint density at radius 3 is 2.50 bits per heavy atom. The molecule has 5 heteroatoms. The van der Waals surface area contributed by atoms with Crippen LogP contribution in [0.1, 0.15) is 36.2 Å². The lowest BCUT2D eigenvalue weighted by Crippen LogP contribution is -2.08. The van der Waals surface area contributed by atoms with Gasteiger partial charge in [0.05, 0.1) is 17.7 Å². The van der Waals surface area contributed by atoms with Gasteiger partial charge in [-0.3, -0.25) is 4.79 Å². The molecular formula is C13H15F3O2. The highest BCUT2D eigenvalue weighted by Gasteiger charge is 2.31. The fourth-order valence-corrected chi connectivity index (χ4v) is 1.34. The van der Waals surface area contributed by atoms with Crippen LogP contribution in [0, 0.1) is 5.92 Å². The van der Waals surface area contributed by atoms with Crippen LogP contribution in [0.4, 0.5) is 13.2 Å². The van der Waals surface area contributed by atoms with Crippen LogP contribution in [0.25, 0.3) is 0 Å². The number of ether oxygens (including phenoxy) is 1. The van der Waals surface area contributed by atoms with Crippen molar-refractivity contribution in [2.75, 3.05) is 6.61 Å². The molecule has 1 aromatic rings. The molecule has 2 nitrogen and oxygen atoms in total. The first-order chi connectivity index (χ1) is 8.34. The number of halogens is 3. The predicted octanol–water partition coefficient (Wildman–Crippen LogP) is 3.94. The minimum absolute atomic E-state index is 0.0134. The zero-order chi connectivity index (χ0) is 13.8. The highest BCUT2D eigenvalue weighted by atomic mass is 19.4. The number of aldehydes is 1. The number of rotatable bonds is 5. The van der Waals surface area contributed by atoms with Gasteiger partial charge in [-0.1, -0.05) is 13.8 Å². The number of carbonyl (C=O) groups is 1. The van der Waals surface area contributed by atoms with Crippen molar-refractivity contribution in [3.63, 3.8) is 0 Å². The van der Waals surface area contributed by atoms with Gasteiger partial charge in [-0.15, -0.1) is 0 Å². The second-order valence-corrected chi connectivity index (χ2v) is 4.40. The molecule has 0 bridgehead atoms. The molecule has 0 radical (unpaired) electrons. The van der Waals surface area contributed by atoms with Crippen LogP contribution in [0.2, 0.25) is 0 Å². The Bertz CT molecular complexity index is 411. The van der Waals surface area contributed by atoms with Gasteiger partial charge in [0.15, 0.2) is 6.29 Å². The first-order valence-electron chi connectivity index (χ1n) is 5.64. The highest BCUT2D eigenvalue weighted by molar-refractivity contribution is 5.79. The summed E-state index contributed by atoms with van der Waals surface area (Å²) < 4.78 is 42.8. The second kappa shape index (κ2) is 5.89. The number of benzene rings is 1. The molecule has 0 N–H and O–H groups in total. The third kappa shape index (κ3) is 4.05. The normalized spacial score (nSPS) is 11.7. The Labute approximate surface area is 104 Å². The zero-order valence-corrected chi connectivity index (χ0v) is 10.3. The van der Waals surface area contributed by atoms with Crippen LogP contribution in [0.5, 0.6) is 5.75 Å². The van der Waals surface area contributed by atoms with Crippen molar-refractivity contribution in [1.29, 1.82) is 0 Å². The molecule has 18 heavy (non-hydrogen) atoms. The number of alkyl halides is 3. The first kappa shape index (κ1) is 14.5. The Morgan fingerprint density at radius 2 is 2.00 bits per heavy atom. The minimum atomic E-state index is -4.43. The van der Waals surface area contributed by atoms with Gasteiger partial charge in [0.2, 0.25) is 0 Å². The largest absolute Gasteiger partial charge is 0.493 e. The Morgan fingerprint density at radius 1 is 1.33 bits per heavy atom. The quantitative estimate of drug-likeness (QED) is 0.749. The van der Waals surface area contributed by atoms with E-state index in [1.807, 2.05) is 13.8 Å². The molecular weight excluding hydrogens is 245 g/mol. The Hall–Kier alpha value is -1.52. The van der Waals surface area contributed by atoms with Gasteiger partial charge in [-0.05, 0) is 30.5 Å². The minimum Gasteiger partial charge on any atom is -0.493 e. The van der Waals surface area contributed by atoms with Crippen molar-refractivity contribution in [2.45, 2.75) is 26.4 Å². The van der Waals surface area contributed by atoms with Gasteiger partial charge in [0, 0.05) is 0 Å². The fraction of sp³-hybridized carbons (Fsp3) is 0.462. The SMILES string of the molecule is CC(C)CCOc1cc(C(F)(F)F)ccc1C=O. The fourth-order valence-electron chi connectivity index (χ4n) is 1.34. The molecule has 0 saturated heterocycles. The standard InChI is InChI=1S/C13H15F3O2/c1-9(2)5-6-18-12-7-11(13(14,15)16)4-3-10(12)8-17/h3-4,7-9H,5-6H2,1-2H3. The van der Waals surface area contributed by atoms with E-state index < -0.39 is 11.7 Å². The summed E-state index contributed by atoms with van der Waals surface area (Å²) in [5, 5.41) is 0. The molecule has 0 spiro atoms. The zero-order valence-electron chi connectivity index (χ0n) is 10.3. The average Bonchev–Trinajstić information content (AvgIpc) is 2.27. The third-order valence-corrected chi connectivity index (χ3v) is 2.42. The smallest absolute Gasteiger partial charge is 0.416 e.